The normalized spacial score (nSPS) is 16.9. The number of carbonyl (C=O) groups is 1. The van der Waals surface area contributed by atoms with Crippen molar-refractivity contribution in [3.05, 3.63) is 59.9 Å². The second-order valence-electron chi connectivity index (χ2n) is 4.84. The summed E-state index contributed by atoms with van der Waals surface area (Å²) in [4.78, 5) is 13.1. The average molecular weight is 302 g/mol. The van der Waals surface area contributed by atoms with Crippen LogP contribution in [0.15, 0.2) is 53.4 Å². The Morgan fingerprint density at radius 2 is 2.00 bits per heavy atom. The topological polar surface area (TPSA) is 41.1 Å². The number of amides is 2. The lowest BCUT2D eigenvalue weighted by molar-refractivity contribution is 0.248. The lowest BCUT2D eigenvalue weighted by Gasteiger charge is -2.26. The number of para-hydroxylation sites is 1. The Morgan fingerprint density at radius 1 is 1.19 bits per heavy atom. The molecular weight excluding hydrogens is 287 g/mol. The summed E-state index contributed by atoms with van der Waals surface area (Å²) in [5.41, 5.74) is 1.59. The molecule has 0 saturated carbocycles. The molecule has 1 atom stereocenters. The lowest BCUT2D eigenvalue weighted by Crippen LogP contribution is -2.34. The third kappa shape index (κ3) is 3.36. The van der Waals surface area contributed by atoms with Gasteiger partial charge in [0.25, 0.3) is 0 Å². The summed E-state index contributed by atoms with van der Waals surface area (Å²) in [6.45, 7) is 0. The van der Waals surface area contributed by atoms with Gasteiger partial charge in [-0.25, -0.2) is 9.18 Å². The van der Waals surface area contributed by atoms with Crippen LogP contribution in [-0.4, -0.2) is 11.8 Å². The van der Waals surface area contributed by atoms with Gasteiger partial charge in [-0.1, -0.05) is 18.2 Å². The average Bonchev–Trinajstić information content (AvgIpc) is 2.49. The number of halogens is 1. The number of rotatable bonds is 2. The van der Waals surface area contributed by atoms with E-state index in [-0.39, 0.29) is 17.9 Å². The van der Waals surface area contributed by atoms with Crippen molar-refractivity contribution < 1.29 is 9.18 Å². The Bertz CT molecular complexity index is 648. The Morgan fingerprint density at radius 3 is 2.81 bits per heavy atom. The maximum absolute atomic E-state index is 13.4. The summed E-state index contributed by atoms with van der Waals surface area (Å²) in [6.07, 6.45) is 0.795. The zero-order valence-electron chi connectivity index (χ0n) is 11.3. The number of hydrogen-bond acceptors (Lipinski definition) is 2. The molecule has 2 amide bonds. The maximum atomic E-state index is 13.4. The van der Waals surface area contributed by atoms with E-state index in [2.05, 4.69) is 10.6 Å². The molecule has 2 aromatic rings. The molecule has 3 nitrogen and oxygen atoms in total. The zero-order chi connectivity index (χ0) is 14.7. The number of thioether (sulfide) groups is 1. The molecule has 0 aliphatic carbocycles. The van der Waals surface area contributed by atoms with Gasteiger partial charge in [-0.2, -0.15) is 0 Å². The summed E-state index contributed by atoms with van der Waals surface area (Å²) < 4.78 is 13.4. The molecule has 1 aliphatic heterocycles. The first-order valence-electron chi connectivity index (χ1n) is 6.77. The van der Waals surface area contributed by atoms with E-state index in [1.807, 2.05) is 30.3 Å². The van der Waals surface area contributed by atoms with Gasteiger partial charge in [0.2, 0.25) is 0 Å². The van der Waals surface area contributed by atoms with Gasteiger partial charge in [-0.15, -0.1) is 11.8 Å². The minimum absolute atomic E-state index is 0.152. The van der Waals surface area contributed by atoms with Crippen LogP contribution in [0, 0.1) is 5.82 Å². The van der Waals surface area contributed by atoms with Crippen LogP contribution in [-0.2, 0) is 0 Å². The first-order valence-corrected chi connectivity index (χ1v) is 7.76. The summed E-state index contributed by atoms with van der Waals surface area (Å²) >= 11 is 1.69. The van der Waals surface area contributed by atoms with Gasteiger partial charge in [0.15, 0.2) is 0 Å². The van der Waals surface area contributed by atoms with Crippen LogP contribution in [0.2, 0.25) is 0 Å². The highest BCUT2D eigenvalue weighted by Crippen LogP contribution is 2.36. The van der Waals surface area contributed by atoms with Crippen molar-refractivity contribution in [1.29, 1.82) is 0 Å². The second-order valence-corrected chi connectivity index (χ2v) is 5.97. The fourth-order valence-electron chi connectivity index (χ4n) is 2.36. The molecule has 108 valence electrons. The van der Waals surface area contributed by atoms with Crippen LogP contribution in [0.25, 0.3) is 0 Å². The minimum Gasteiger partial charge on any atom is -0.331 e. The number of fused-ring (bicyclic) bond motifs is 1. The highest BCUT2D eigenvalue weighted by Gasteiger charge is 2.22. The van der Waals surface area contributed by atoms with E-state index in [9.17, 15) is 9.18 Å². The number of benzene rings is 2. The molecule has 2 aromatic carbocycles. The fraction of sp³-hybridized carbons (Fsp3) is 0.188. The van der Waals surface area contributed by atoms with E-state index in [0.717, 1.165) is 28.3 Å². The molecule has 0 fully saturated rings. The monoisotopic (exact) mass is 302 g/mol. The fourth-order valence-corrected chi connectivity index (χ4v) is 3.47. The summed E-state index contributed by atoms with van der Waals surface area (Å²) in [6, 6.07) is 13.6. The summed E-state index contributed by atoms with van der Waals surface area (Å²) in [5, 5.41) is 5.70. The van der Waals surface area contributed by atoms with E-state index >= 15 is 0 Å². The van der Waals surface area contributed by atoms with Gasteiger partial charge < -0.3 is 10.6 Å². The van der Waals surface area contributed by atoms with Crippen molar-refractivity contribution in [2.24, 2.45) is 0 Å². The maximum Gasteiger partial charge on any atom is 0.319 e. The predicted octanol–water partition coefficient (Wildman–Crippen LogP) is 4.18. The van der Waals surface area contributed by atoms with Crippen molar-refractivity contribution in [3.8, 4) is 0 Å². The molecule has 1 aliphatic rings. The van der Waals surface area contributed by atoms with Crippen molar-refractivity contribution in [2.45, 2.75) is 17.4 Å². The van der Waals surface area contributed by atoms with Gasteiger partial charge >= 0.3 is 6.03 Å². The Balaban J connectivity index is 1.71. The van der Waals surface area contributed by atoms with Crippen molar-refractivity contribution in [1.82, 2.24) is 5.32 Å². The van der Waals surface area contributed by atoms with Crippen LogP contribution in [0.3, 0.4) is 0 Å². The SMILES string of the molecule is O=C(Nc1ccccc1)N[C@H]1CCSc2ccc(F)cc21. The molecule has 0 aromatic heterocycles. The number of carbonyl (C=O) groups excluding carboxylic acids is 1. The van der Waals surface area contributed by atoms with E-state index in [4.69, 9.17) is 0 Å². The molecule has 2 N–H and O–H groups in total. The van der Waals surface area contributed by atoms with Crippen molar-refractivity contribution >= 4 is 23.5 Å². The highest BCUT2D eigenvalue weighted by molar-refractivity contribution is 7.99. The first kappa shape index (κ1) is 13.9. The zero-order valence-corrected chi connectivity index (χ0v) is 12.1. The minimum atomic E-state index is -0.272. The van der Waals surface area contributed by atoms with E-state index in [1.54, 1.807) is 17.8 Å². The summed E-state index contributed by atoms with van der Waals surface area (Å²) in [7, 11) is 0. The molecular formula is C16H15FN2OS. The molecule has 3 rings (SSSR count). The Kier molecular flexibility index (Phi) is 4.10. The predicted molar refractivity (Wildman–Crippen MR) is 83.1 cm³/mol. The second kappa shape index (κ2) is 6.18. The molecule has 5 heteroatoms. The molecule has 0 saturated heterocycles. The van der Waals surface area contributed by atoms with E-state index in [1.165, 1.54) is 12.1 Å². The van der Waals surface area contributed by atoms with Gasteiger partial charge in [0, 0.05) is 16.3 Å². The van der Waals surface area contributed by atoms with E-state index in [0.29, 0.717) is 0 Å². The van der Waals surface area contributed by atoms with Crippen molar-refractivity contribution in [3.63, 3.8) is 0 Å². The Labute approximate surface area is 126 Å². The third-order valence-corrected chi connectivity index (χ3v) is 4.47. The quantitative estimate of drug-likeness (QED) is 0.873. The van der Waals surface area contributed by atoms with Crippen LogP contribution >= 0.6 is 11.8 Å². The molecule has 0 unspecified atom stereocenters. The molecule has 21 heavy (non-hydrogen) atoms. The van der Waals surface area contributed by atoms with Crippen molar-refractivity contribution in [2.75, 3.05) is 11.1 Å². The van der Waals surface area contributed by atoms with Crippen LogP contribution < -0.4 is 10.6 Å². The van der Waals surface area contributed by atoms with Gasteiger partial charge in [0.1, 0.15) is 5.82 Å². The first-order chi connectivity index (χ1) is 10.2. The van der Waals surface area contributed by atoms with Gasteiger partial charge in [-0.05, 0) is 42.3 Å². The Hall–Kier alpha value is -2.01. The number of hydrogen-bond donors (Lipinski definition) is 2. The van der Waals surface area contributed by atoms with Gasteiger partial charge in [0.05, 0.1) is 6.04 Å². The molecule has 1 heterocycles. The van der Waals surface area contributed by atoms with Crippen LogP contribution in [0.4, 0.5) is 14.9 Å². The van der Waals surface area contributed by atoms with Crippen LogP contribution in [0.1, 0.15) is 18.0 Å². The number of nitrogens with one attached hydrogen (secondary N) is 2. The lowest BCUT2D eigenvalue weighted by atomic mass is 10.0. The third-order valence-electron chi connectivity index (χ3n) is 3.35. The summed E-state index contributed by atoms with van der Waals surface area (Å²) in [5.74, 6) is 0.640. The smallest absolute Gasteiger partial charge is 0.319 e. The van der Waals surface area contributed by atoms with E-state index < -0.39 is 0 Å². The molecule has 0 spiro atoms. The molecule has 0 bridgehead atoms. The molecule has 0 radical (unpaired) electrons. The van der Waals surface area contributed by atoms with Crippen LogP contribution in [0.5, 0.6) is 0 Å². The highest BCUT2D eigenvalue weighted by atomic mass is 32.2. The number of anilines is 1. The number of urea groups is 1. The standard InChI is InChI=1S/C16H15FN2OS/c17-11-6-7-15-13(10-11)14(8-9-21-15)19-16(20)18-12-4-2-1-3-5-12/h1-7,10,14H,8-9H2,(H2,18,19,20)/t14-/m0/s1. The van der Waals surface area contributed by atoms with Gasteiger partial charge in [-0.3, -0.25) is 0 Å². The largest absolute Gasteiger partial charge is 0.331 e.